The fraction of sp³-hybridized carbons (Fsp3) is 1.00. The molecule has 0 aromatic rings. The summed E-state index contributed by atoms with van der Waals surface area (Å²) in [6, 6.07) is 1.50. The van der Waals surface area contributed by atoms with Crippen LogP contribution in [-0.2, 0) is 0 Å². The molecular weight excluding hydrogens is 248 g/mol. The standard InChI is InChI=1S/C17H34N2O/c1-13(2)10-18-16-9-15(5-4-6-20)11-19(12-16)17-7-14(3)8-17/h13-18,20H,4-12H2,1-3H3. The summed E-state index contributed by atoms with van der Waals surface area (Å²) in [5, 5.41) is 12.8. The highest BCUT2D eigenvalue weighted by atomic mass is 16.2. The number of aliphatic hydroxyl groups is 1. The third kappa shape index (κ3) is 4.71. The molecule has 1 aliphatic carbocycles. The normalized spacial score (nSPS) is 35.2. The van der Waals surface area contributed by atoms with Crippen molar-refractivity contribution >= 4 is 0 Å². The van der Waals surface area contributed by atoms with Gasteiger partial charge in [-0.05, 0) is 56.4 Å². The second kappa shape index (κ2) is 7.77. The van der Waals surface area contributed by atoms with Crippen LogP contribution in [0, 0.1) is 17.8 Å². The summed E-state index contributed by atoms with van der Waals surface area (Å²) in [6.07, 6.45) is 6.24. The van der Waals surface area contributed by atoms with Crippen molar-refractivity contribution in [1.82, 2.24) is 10.2 Å². The van der Waals surface area contributed by atoms with Crippen molar-refractivity contribution in [2.45, 2.75) is 65.0 Å². The van der Waals surface area contributed by atoms with Gasteiger partial charge in [0.1, 0.15) is 0 Å². The maximum Gasteiger partial charge on any atom is 0.0431 e. The Hall–Kier alpha value is -0.120. The molecule has 2 fully saturated rings. The predicted octanol–water partition coefficient (Wildman–Crippen LogP) is 2.49. The number of aliphatic hydroxyl groups excluding tert-OH is 1. The van der Waals surface area contributed by atoms with Crippen molar-refractivity contribution in [3.05, 3.63) is 0 Å². The van der Waals surface area contributed by atoms with Crippen molar-refractivity contribution in [3.63, 3.8) is 0 Å². The van der Waals surface area contributed by atoms with Gasteiger partial charge in [0, 0.05) is 31.8 Å². The number of hydrogen-bond donors (Lipinski definition) is 2. The molecule has 3 heteroatoms. The Kier molecular flexibility index (Phi) is 6.31. The van der Waals surface area contributed by atoms with E-state index in [-0.39, 0.29) is 0 Å². The molecule has 118 valence electrons. The van der Waals surface area contributed by atoms with Crippen LogP contribution in [0.4, 0.5) is 0 Å². The van der Waals surface area contributed by atoms with E-state index in [9.17, 15) is 0 Å². The van der Waals surface area contributed by atoms with Gasteiger partial charge in [-0.15, -0.1) is 0 Å². The first-order valence-electron chi connectivity index (χ1n) is 8.66. The topological polar surface area (TPSA) is 35.5 Å². The zero-order chi connectivity index (χ0) is 14.5. The van der Waals surface area contributed by atoms with E-state index in [0.717, 1.165) is 36.8 Å². The molecule has 2 aliphatic rings. The van der Waals surface area contributed by atoms with E-state index in [0.29, 0.717) is 12.6 Å². The minimum Gasteiger partial charge on any atom is -0.396 e. The SMILES string of the molecule is CC(C)CNC1CC(CCCO)CN(C2CC(C)C2)C1. The summed E-state index contributed by atoms with van der Waals surface area (Å²) >= 11 is 0. The largest absolute Gasteiger partial charge is 0.396 e. The van der Waals surface area contributed by atoms with Crippen LogP contribution in [0.1, 0.15) is 52.9 Å². The minimum absolute atomic E-state index is 0.348. The van der Waals surface area contributed by atoms with Gasteiger partial charge >= 0.3 is 0 Å². The molecule has 2 rings (SSSR count). The van der Waals surface area contributed by atoms with Crippen LogP contribution >= 0.6 is 0 Å². The summed E-state index contributed by atoms with van der Waals surface area (Å²) < 4.78 is 0. The number of piperidine rings is 1. The Labute approximate surface area is 125 Å². The second-order valence-electron chi connectivity index (χ2n) is 7.65. The Morgan fingerprint density at radius 2 is 1.95 bits per heavy atom. The average molecular weight is 282 g/mol. The number of nitrogens with zero attached hydrogens (tertiary/aromatic N) is 1. The van der Waals surface area contributed by atoms with Crippen LogP contribution in [0.3, 0.4) is 0 Å². The molecule has 2 atom stereocenters. The maximum absolute atomic E-state index is 9.08. The molecule has 2 unspecified atom stereocenters. The molecule has 20 heavy (non-hydrogen) atoms. The fourth-order valence-corrected chi connectivity index (χ4v) is 3.84. The van der Waals surface area contributed by atoms with Gasteiger partial charge in [-0.3, -0.25) is 4.90 Å². The lowest BCUT2D eigenvalue weighted by Gasteiger charge is -2.48. The van der Waals surface area contributed by atoms with Crippen LogP contribution in [0.25, 0.3) is 0 Å². The lowest BCUT2D eigenvalue weighted by Crippen LogP contribution is -2.55. The zero-order valence-electron chi connectivity index (χ0n) is 13.6. The van der Waals surface area contributed by atoms with E-state index < -0.39 is 0 Å². The van der Waals surface area contributed by atoms with E-state index in [2.05, 4.69) is 31.0 Å². The van der Waals surface area contributed by atoms with E-state index >= 15 is 0 Å². The third-order valence-corrected chi connectivity index (χ3v) is 5.02. The number of likely N-dealkylation sites (tertiary alicyclic amines) is 1. The van der Waals surface area contributed by atoms with E-state index in [1.54, 1.807) is 0 Å². The first-order valence-corrected chi connectivity index (χ1v) is 8.66. The molecule has 0 aromatic carbocycles. The van der Waals surface area contributed by atoms with E-state index in [1.165, 1.54) is 38.8 Å². The van der Waals surface area contributed by atoms with Crippen LogP contribution < -0.4 is 5.32 Å². The monoisotopic (exact) mass is 282 g/mol. The predicted molar refractivity (Wildman–Crippen MR) is 84.8 cm³/mol. The summed E-state index contributed by atoms with van der Waals surface area (Å²) in [5.74, 6) is 2.43. The molecule has 1 saturated carbocycles. The molecule has 0 radical (unpaired) electrons. The molecule has 0 spiro atoms. The Bertz CT molecular complexity index is 276. The van der Waals surface area contributed by atoms with Crippen LogP contribution in [0.5, 0.6) is 0 Å². The first-order chi connectivity index (χ1) is 9.58. The number of hydrogen-bond acceptors (Lipinski definition) is 3. The molecule has 0 bridgehead atoms. The maximum atomic E-state index is 9.08. The van der Waals surface area contributed by atoms with Gasteiger partial charge in [-0.2, -0.15) is 0 Å². The summed E-state index contributed by atoms with van der Waals surface area (Å²) in [5.41, 5.74) is 0. The minimum atomic E-state index is 0.348. The van der Waals surface area contributed by atoms with Gasteiger partial charge in [0.2, 0.25) is 0 Å². The molecule has 3 nitrogen and oxygen atoms in total. The second-order valence-corrected chi connectivity index (χ2v) is 7.65. The Morgan fingerprint density at radius 1 is 1.20 bits per heavy atom. The summed E-state index contributed by atoms with van der Waals surface area (Å²) in [7, 11) is 0. The fourth-order valence-electron chi connectivity index (χ4n) is 3.84. The Morgan fingerprint density at radius 3 is 2.55 bits per heavy atom. The quantitative estimate of drug-likeness (QED) is 0.753. The molecule has 2 N–H and O–H groups in total. The van der Waals surface area contributed by atoms with Crippen molar-refractivity contribution in [1.29, 1.82) is 0 Å². The van der Waals surface area contributed by atoms with Crippen LogP contribution in [0.2, 0.25) is 0 Å². The number of nitrogens with one attached hydrogen (secondary N) is 1. The molecule has 0 aromatic heterocycles. The van der Waals surface area contributed by atoms with Gasteiger partial charge in [0.15, 0.2) is 0 Å². The van der Waals surface area contributed by atoms with Crippen LogP contribution in [-0.4, -0.2) is 48.3 Å². The lowest BCUT2D eigenvalue weighted by atomic mass is 9.78. The molecule has 1 heterocycles. The zero-order valence-corrected chi connectivity index (χ0v) is 13.6. The van der Waals surface area contributed by atoms with Gasteiger partial charge in [-0.1, -0.05) is 20.8 Å². The van der Waals surface area contributed by atoms with Crippen molar-refractivity contribution < 1.29 is 5.11 Å². The van der Waals surface area contributed by atoms with E-state index in [4.69, 9.17) is 5.11 Å². The van der Waals surface area contributed by atoms with Gasteiger partial charge in [-0.25, -0.2) is 0 Å². The highest BCUT2D eigenvalue weighted by molar-refractivity contribution is 4.92. The van der Waals surface area contributed by atoms with Crippen molar-refractivity contribution in [2.24, 2.45) is 17.8 Å². The molecule has 0 amide bonds. The highest BCUT2D eigenvalue weighted by Crippen LogP contribution is 2.34. The first kappa shape index (κ1) is 16.3. The molecule has 1 saturated heterocycles. The average Bonchev–Trinajstić information content (AvgIpc) is 2.39. The van der Waals surface area contributed by atoms with Crippen molar-refractivity contribution in [3.8, 4) is 0 Å². The molecule has 1 aliphatic heterocycles. The van der Waals surface area contributed by atoms with Gasteiger partial charge in [0.25, 0.3) is 0 Å². The number of rotatable bonds is 7. The van der Waals surface area contributed by atoms with Gasteiger partial charge in [0.05, 0.1) is 0 Å². The summed E-state index contributed by atoms with van der Waals surface area (Å²) in [4.78, 5) is 2.74. The Balaban J connectivity index is 1.84. The van der Waals surface area contributed by atoms with Crippen LogP contribution in [0.15, 0.2) is 0 Å². The van der Waals surface area contributed by atoms with E-state index in [1.807, 2.05) is 0 Å². The molecular formula is C17H34N2O. The van der Waals surface area contributed by atoms with Crippen molar-refractivity contribution in [2.75, 3.05) is 26.2 Å². The highest BCUT2D eigenvalue weighted by Gasteiger charge is 2.36. The third-order valence-electron chi connectivity index (χ3n) is 5.02. The van der Waals surface area contributed by atoms with Gasteiger partial charge < -0.3 is 10.4 Å². The lowest BCUT2D eigenvalue weighted by molar-refractivity contribution is 0.0302. The smallest absolute Gasteiger partial charge is 0.0431 e. The summed E-state index contributed by atoms with van der Waals surface area (Å²) in [6.45, 7) is 10.9.